The van der Waals surface area contributed by atoms with Gasteiger partial charge in [0.25, 0.3) is 5.69 Å². The summed E-state index contributed by atoms with van der Waals surface area (Å²) in [5.41, 5.74) is 7.05. The summed E-state index contributed by atoms with van der Waals surface area (Å²) in [6.45, 7) is 12.6. The number of hydrogen-bond donors (Lipinski definition) is 2. The number of aryl methyl sites for hydroxylation is 1. The number of nitrogens with one attached hydrogen (secondary N) is 2. The normalized spacial score (nSPS) is 17.6. The lowest BCUT2D eigenvalue weighted by molar-refractivity contribution is -0.384. The highest BCUT2D eigenvalue weighted by Crippen LogP contribution is 2.44. The third-order valence-electron chi connectivity index (χ3n) is 12.5. The van der Waals surface area contributed by atoms with Crippen molar-refractivity contribution in [1.82, 2.24) is 14.9 Å². The number of fused-ring (bicyclic) bond motifs is 1. The number of nitro groups is 1. The molecular weight excluding hydrogens is 828 g/mol. The molecule has 8 rings (SSSR count). The zero-order valence-corrected chi connectivity index (χ0v) is 37.0. The molecule has 0 atom stereocenters. The third-order valence-corrected chi connectivity index (χ3v) is 14.3. The predicted octanol–water partition coefficient (Wildman–Crippen LogP) is 9.51. The number of pyridine rings is 1. The Morgan fingerprint density at radius 1 is 1.05 bits per heavy atom. The topological polar surface area (TPSA) is 160 Å². The maximum atomic E-state index is 14.0. The number of nitro benzene ring substituents is 1. The van der Waals surface area contributed by atoms with Crippen LogP contribution in [0, 0.1) is 28.4 Å². The Labute approximate surface area is 367 Å². The van der Waals surface area contributed by atoms with Gasteiger partial charge in [-0.05, 0) is 116 Å². The molecule has 2 aromatic heterocycles. The van der Waals surface area contributed by atoms with Crippen LogP contribution in [0.5, 0.6) is 11.5 Å². The number of aromatic nitrogens is 2. The van der Waals surface area contributed by atoms with E-state index in [2.05, 4.69) is 51.9 Å². The van der Waals surface area contributed by atoms with Gasteiger partial charge >= 0.3 is 0 Å². The largest absolute Gasteiger partial charge is 0.455 e. The van der Waals surface area contributed by atoms with Crippen LogP contribution in [0.1, 0.15) is 67.4 Å². The van der Waals surface area contributed by atoms with Crippen molar-refractivity contribution in [2.75, 3.05) is 68.5 Å². The van der Waals surface area contributed by atoms with E-state index in [0.717, 1.165) is 87.0 Å². The molecule has 0 amide bonds. The SMILES string of the molecule is Cc1cc(Cl)ccc1C1=C(CN2CCN(c3ccc(C(=O)CS(=O)(=O)c4ccc(NCC5CCOCC5)c([N+](=O)[O-])c4)c(Oc4cnc5[nH]ccc5c4)c3)CC2)CCC(C)(C)C1. The van der Waals surface area contributed by atoms with E-state index in [1.807, 2.05) is 24.3 Å². The summed E-state index contributed by atoms with van der Waals surface area (Å²) in [5, 5.41) is 16.8. The molecule has 2 saturated heterocycles. The minimum absolute atomic E-state index is 0.0755. The molecule has 15 heteroatoms. The zero-order valence-electron chi connectivity index (χ0n) is 35.4. The fourth-order valence-corrected chi connectivity index (χ4v) is 10.3. The molecule has 0 bridgehead atoms. The van der Waals surface area contributed by atoms with E-state index in [-0.39, 0.29) is 38.9 Å². The molecular formula is C47H53ClN6O7S. The van der Waals surface area contributed by atoms with Gasteiger partial charge in [0.15, 0.2) is 15.6 Å². The van der Waals surface area contributed by atoms with Crippen molar-refractivity contribution in [2.45, 2.75) is 57.8 Å². The van der Waals surface area contributed by atoms with Gasteiger partial charge in [0.1, 0.15) is 28.6 Å². The minimum Gasteiger partial charge on any atom is -0.455 e. The number of carbonyl (C=O) groups is 1. The van der Waals surface area contributed by atoms with Crippen LogP contribution in [0.4, 0.5) is 17.1 Å². The predicted molar refractivity (Wildman–Crippen MR) is 244 cm³/mol. The van der Waals surface area contributed by atoms with Crippen LogP contribution in [-0.4, -0.2) is 92.2 Å². The highest BCUT2D eigenvalue weighted by molar-refractivity contribution is 7.92. The van der Waals surface area contributed by atoms with Crippen LogP contribution in [-0.2, 0) is 14.6 Å². The van der Waals surface area contributed by atoms with Crippen LogP contribution < -0.4 is 15.0 Å². The number of Topliss-reactive ketones (excluding diaryl/α,β-unsaturated/α-hetero) is 1. The van der Waals surface area contributed by atoms with E-state index in [9.17, 15) is 23.3 Å². The second-order valence-electron chi connectivity index (χ2n) is 17.6. The van der Waals surface area contributed by atoms with Crippen molar-refractivity contribution in [3.05, 3.63) is 117 Å². The third kappa shape index (κ3) is 9.99. The van der Waals surface area contributed by atoms with Gasteiger partial charge in [0, 0.05) is 86.9 Å². The number of carbonyl (C=O) groups excluding carboxylic acids is 1. The average Bonchev–Trinajstić information content (AvgIpc) is 3.72. The van der Waals surface area contributed by atoms with E-state index in [0.29, 0.717) is 31.2 Å². The first-order valence-electron chi connectivity index (χ1n) is 21.3. The maximum absolute atomic E-state index is 14.0. The van der Waals surface area contributed by atoms with E-state index in [1.165, 1.54) is 34.4 Å². The van der Waals surface area contributed by atoms with Gasteiger partial charge < -0.3 is 24.7 Å². The Kier molecular flexibility index (Phi) is 12.7. The van der Waals surface area contributed by atoms with Gasteiger partial charge in [-0.1, -0.05) is 37.1 Å². The second-order valence-corrected chi connectivity index (χ2v) is 20.0. The van der Waals surface area contributed by atoms with E-state index < -0.39 is 26.3 Å². The standard InChI is InChI=1S/C47H53ClN6O7S/c1-31-22-35(48)4-7-39(31)41-26-47(2,3)14-10-34(41)29-52-16-18-53(19-17-52)36-5-8-40(45(24-36)61-37-23-33-11-15-49-46(33)51-28-37)44(55)30-62(58,59)38-6-9-42(43(25-38)54(56)57)50-27-32-12-20-60-21-13-32/h4-9,11,15,22-25,28,32,50H,10,12-14,16-21,26-27,29-30H2,1-3H3,(H,49,51). The van der Waals surface area contributed by atoms with Gasteiger partial charge in [0.05, 0.1) is 21.6 Å². The number of halogens is 1. The van der Waals surface area contributed by atoms with E-state index in [4.69, 9.17) is 21.1 Å². The first-order chi connectivity index (χ1) is 29.7. The van der Waals surface area contributed by atoms with Crippen molar-refractivity contribution in [1.29, 1.82) is 0 Å². The first kappa shape index (κ1) is 43.4. The number of anilines is 2. The smallest absolute Gasteiger partial charge is 0.293 e. The maximum Gasteiger partial charge on any atom is 0.293 e. The lowest BCUT2D eigenvalue weighted by Gasteiger charge is -2.39. The Morgan fingerprint density at radius 3 is 2.60 bits per heavy atom. The fourth-order valence-electron chi connectivity index (χ4n) is 8.86. The molecule has 2 fully saturated rings. The monoisotopic (exact) mass is 880 g/mol. The average molecular weight is 881 g/mol. The molecule has 0 saturated carbocycles. The first-order valence-corrected chi connectivity index (χ1v) is 23.3. The molecule has 13 nitrogen and oxygen atoms in total. The fraction of sp³-hybridized carbons (Fsp3) is 0.404. The molecule has 5 aromatic rings. The summed E-state index contributed by atoms with van der Waals surface area (Å²) in [6, 6.07) is 18.8. The van der Waals surface area contributed by atoms with Gasteiger partial charge in [-0.2, -0.15) is 0 Å². The molecule has 326 valence electrons. The Balaban J connectivity index is 1.01. The molecule has 3 aliphatic rings. The van der Waals surface area contributed by atoms with Crippen LogP contribution >= 0.6 is 11.6 Å². The summed E-state index contributed by atoms with van der Waals surface area (Å²) in [6.07, 6.45) is 8.20. The van der Waals surface area contributed by atoms with Gasteiger partial charge in [-0.25, -0.2) is 13.4 Å². The van der Waals surface area contributed by atoms with Crippen molar-refractivity contribution >= 4 is 60.9 Å². The molecule has 0 radical (unpaired) electrons. The minimum atomic E-state index is -4.30. The number of ketones is 1. The molecule has 2 aliphatic heterocycles. The van der Waals surface area contributed by atoms with Gasteiger partial charge in [0.2, 0.25) is 0 Å². The quantitative estimate of drug-likeness (QED) is 0.0621. The van der Waals surface area contributed by atoms with Crippen molar-refractivity contribution in [3.63, 3.8) is 0 Å². The molecule has 1 aliphatic carbocycles. The molecule has 4 heterocycles. The molecule has 2 N–H and O–H groups in total. The van der Waals surface area contributed by atoms with Crippen LogP contribution in [0.25, 0.3) is 16.6 Å². The van der Waals surface area contributed by atoms with Crippen LogP contribution in [0.3, 0.4) is 0 Å². The number of aromatic amines is 1. The Bertz CT molecular complexity index is 2630. The summed E-state index contributed by atoms with van der Waals surface area (Å²) < 4.78 is 39.4. The van der Waals surface area contributed by atoms with Crippen molar-refractivity contribution in [2.24, 2.45) is 11.3 Å². The van der Waals surface area contributed by atoms with E-state index in [1.54, 1.807) is 30.6 Å². The zero-order chi connectivity index (χ0) is 43.6. The van der Waals surface area contributed by atoms with Crippen molar-refractivity contribution < 1.29 is 27.6 Å². The summed E-state index contributed by atoms with van der Waals surface area (Å²) in [4.78, 5) is 37.5. The number of sulfone groups is 1. The number of piperazine rings is 1. The summed E-state index contributed by atoms with van der Waals surface area (Å²) in [7, 11) is -4.30. The van der Waals surface area contributed by atoms with E-state index >= 15 is 0 Å². The number of allylic oxidation sites excluding steroid dienone is 1. The second kappa shape index (κ2) is 18.2. The molecule has 0 unspecified atom stereocenters. The highest BCUT2D eigenvalue weighted by Gasteiger charge is 2.31. The Hall–Kier alpha value is -5.28. The van der Waals surface area contributed by atoms with Crippen molar-refractivity contribution in [3.8, 4) is 11.5 Å². The number of benzene rings is 3. The number of rotatable bonds is 14. The Morgan fingerprint density at radius 2 is 1.84 bits per heavy atom. The molecule has 3 aromatic carbocycles. The number of nitrogens with zero attached hydrogens (tertiary/aromatic N) is 4. The lowest BCUT2D eigenvalue weighted by Crippen LogP contribution is -2.47. The highest BCUT2D eigenvalue weighted by atomic mass is 35.5. The number of ether oxygens (including phenoxy) is 2. The van der Waals surface area contributed by atoms with Gasteiger partial charge in [-0.15, -0.1) is 0 Å². The summed E-state index contributed by atoms with van der Waals surface area (Å²) >= 11 is 6.35. The van der Waals surface area contributed by atoms with Gasteiger partial charge in [-0.3, -0.25) is 19.8 Å². The molecule has 0 spiro atoms. The van der Waals surface area contributed by atoms with Crippen LogP contribution in [0.15, 0.2) is 89.6 Å². The summed E-state index contributed by atoms with van der Waals surface area (Å²) in [5.74, 6) is -0.752. The lowest BCUT2D eigenvalue weighted by atomic mass is 9.72. The number of H-pyrrole nitrogens is 1. The molecule has 62 heavy (non-hydrogen) atoms. The van der Waals surface area contributed by atoms with Crippen LogP contribution in [0.2, 0.25) is 5.02 Å². The number of hydrogen-bond acceptors (Lipinski definition) is 11.